The van der Waals surface area contributed by atoms with E-state index in [-0.39, 0.29) is 0 Å². The molecule has 1 saturated heterocycles. The first-order chi connectivity index (χ1) is 13.9. The maximum atomic E-state index is 5.96. The van der Waals surface area contributed by atoms with Crippen LogP contribution in [0.3, 0.4) is 0 Å². The van der Waals surface area contributed by atoms with Crippen LogP contribution >= 0.6 is 0 Å². The van der Waals surface area contributed by atoms with E-state index in [9.17, 15) is 0 Å². The van der Waals surface area contributed by atoms with E-state index in [0.29, 0.717) is 0 Å². The van der Waals surface area contributed by atoms with E-state index in [1.165, 1.54) is 102 Å². The number of benzene rings is 1. The van der Waals surface area contributed by atoms with Gasteiger partial charge in [-0.2, -0.15) is 0 Å². The lowest BCUT2D eigenvalue weighted by Crippen LogP contribution is -2.29. The molecule has 1 N–H and O–H groups in total. The number of nitrogens with one attached hydrogen (secondary N) is 1. The van der Waals surface area contributed by atoms with Gasteiger partial charge in [0.05, 0.1) is 6.61 Å². The molecule has 0 spiro atoms. The van der Waals surface area contributed by atoms with Crippen molar-refractivity contribution in [3.05, 3.63) is 29.8 Å². The summed E-state index contributed by atoms with van der Waals surface area (Å²) in [5.74, 6) is 2.00. The van der Waals surface area contributed by atoms with Gasteiger partial charge in [-0.25, -0.2) is 0 Å². The zero-order valence-corrected chi connectivity index (χ0v) is 18.0. The van der Waals surface area contributed by atoms with Gasteiger partial charge in [-0.15, -0.1) is 0 Å². The van der Waals surface area contributed by atoms with Crippen LogP contribution in [0, 0.1) is 5.92 Å². The number of ether oxygens (including phenoxy) is 1. The van der Waals surface area contributed by atoms with Crippen molar-refractivity contribution in [2.45, 2.75) is 83.6 Å². The van der Waals surface area contributed by atoms with E-state index in [1.54, 1.807) is 0 Å². The van der Waals surface area contributed by atoms with Crippen LogP contribution in [0.2, 0.25) is 0 Å². The van der Waals surface area contributed by atoms with Crippen LogP contribution in [0.5, 0.6) is 5.75 Å². The standard InChI is InChI=1S/C25H42N2O/c1-2-4-10-23(11-5-3-1)12-6-9-21-28-25-15-13-24(14-16-25)22-26-17-20-27-18-7-8-19-27/h13-16,23,26H,1-12,17-22H2. The molecule has 1 aliphatic heterocycles. The number of likely N-dealkylation sites (tertiary alicyclic amines) is 1. The van der Waals surface area contributed by atoms with Gasteiger partial charge in [-0.3, -0.25) is 0 Å². The predicted octanol–water partition coefficient (Wildman–Crippen LogP) is 5.78. The Morgan fingerprint density at radius 2 is 1.57 bits per heavy atom. The van der Waals surface area contributed by atoms with Gasteiger partial charge < -0.3 is 15.0 Å². The van der Waals surface area contributed by atoms with E-state index in [4.69, 9.17) is 4.74 Å². The first-order valence-electron chi connectivity index (χ1n) is 12.0. The molecule has 0 atom stereocenters. The third kappa shape index (κ3) is 8.53. The second-order valence-corrected chi connectivity index (χ2v) is 8.92. The molecule has 0 unspecified atom stereocenters. The molecular formula is C25H42N2O. The molecule has 0 bridgehead atoms. The van der Waals surface area contributed by atoms with Crippen molar-refractivity contribution in [2.75, 3.05) is 32.8 Å². The van der Waals surface area contributed by atoms with Crippen molar-refractivity contribution in [1.29, 1.82) is 0 Å². The van der Waals surface area contributed by atoms with Crippen LogP contribution in [0.4, 0.5) is 0 Å². The molecule has 3 nitrogen and oxygen atoms in total. The third-order valence-electron chi connectivity index (χ3n) is 6.56. The molecule has 158 valence electrons. The van der Waals surface area contributed by atoms with Crippen molar-refractivity contribution in [1.82, 2.24) is 10.2 Å². The van der Waals surface area contributed by atoms with E-state index in [0.717, 1.165) is 31.4 Å². The monoisotopic (exact) mass is 386 g/mol. The quantitative estimate of drug-likeness (QED) is 0.488. The molecule has 3 heteroatoms. The molecule has 1 heterocycles. The highest BCUT2D eigenvalue weighted by atomic mass is 16.5. The second-order valence-electron chi connectivity index (χ2n) is 8.92. The number of nitrogens with zero attached hydrogens (tertiary/aromatic N) is 1. The topological polar surface area (TPSA) is 24.5 Å². The summed E-state index contributed by atoms with van der Waals surface area (Å²) >= 11 is 0. The van der Waals surface area contributed by atoms with Crippen molar-refractivity contribution < 1.29 is 4.74 Å². The Balaban J connectivity index is 1.22. The highest BCUT2D eigenvalue weighted by Crippen LogP contribution is 2.26. The largest absolute Gasteiger partial charge is 0.494 e. The van der Waals surface area contributed by atoms with Crippen LogP contribution in [0.25, 0.3) is 0 Å². The molecule has 2 fully saturated rings. The maximum absolute atomic E-state index is 5.96. The van der Waals surface area contributed by atoms with Gasteiger partial charge in [-0.05, 0) is 62.4 Å². The fourth-order valence-corrected chi connectivity index (χ4v) is 4.73. The van der Waals surface area contributed by atoms with Gasteiger partial charge in [0.25, 0.3) is 0 Å². The highest BCUT2D eigenvalue weighted by Gasteiger charge is 2.11. The van der Waals surface area contributed by atoms with Crippen molar-refractivity contribution in [3.8, 4) is 5.75 Å². The summed E-state index contributed by atoms with van der Waals surface area (Å²) in [4.78, 5) is 2.56. The number of unbranched alkanes of at least 4 members (excludes halogenated alkanes) is 1. The summed E-state index contributed by atoms with van der Waals surface area (Å²) in [6.45, 7) is 6.65. The lowest BCUT2D eigenvalue weighted by molar-refractivity contribution is 0.289. The minimum Gasteiger partial charge on any atom is -0.494 e. The summed E-state index contributed by atoms with van der Waals surface area (Å²) in [5.41, 5.74) is 1.35. The molecule has 28 heavy (non-hydrogen) atoms. The van der Waals surface area contributed by atoms with Crippen LogP contribution < -0.4 is 10.1 Å². The Bertz CT molecular complexity index is 502. The number of hydrogen-bond acceptors (Lipinski definition) is 3. The molecule has 1 aliphatic carbocycles. The van der Waals surface area contributed by atoms with Crippen LogP contribution in [-0.2, 0) is 6.54 Å². The van der Waals surface area contributed by atoms with E-state index < -0.39 is 0 Å². The van der Waals surface area contributed by atoms with Crippen molar-refractivity contribution >= 4 is 0 Å². The van der Waals surface area contributed by atoms with Gasteiger partial charge in [0.15, 0.2) is 0 Å². The Labute approximate surface area is 173 Å². The maximum Gasteiger partial charge on any atom is 0.119 e. The van der Waals surface area contributed by atoms with Gasteiger partial charge in [0.1, 0.15) is 5.75 Å². The highest BCUT2D eigenvalue weighted by molar-refractivity contribution is 5.27. The average Bonchev–Trinajstić information content (AvgIpc) is 3.21. The van der Waals surface area contributed by atoms with Gasteiger partial charge in [-0.1, -0.05) is 63.5 Å². The fraction of sp³-hybridized carbons (Fsp3) is 0.760. The third-order valence-corrected chi connectivity index (χ3v) is 6.56. The normalized spacial score (nSPS) is 19.4. The number of hydrogen-bond donors (Lipinski definition) is 1. The number of rotatable bonds is 11. The molecule has 0 aromatic heterocycles. The molecule has 0 radical (unpaired) electrons. The van der Waals surface area contributed by atoms with E-state index in [2.05, 4.69) is 34.5 Å². The van der Waals surface area contributed by atoms with Crippen LogP contribution in [0.1, 0.15) is 82.6 Å². The van der Waals surface area contributed by atoms with E-state index in [1.807, 2.05) is 0 Å². The van der Waals surface area contributed by atoms with E-state index >= 15 is 0 Å². The predicted molar refractivity (Wildman–Crippen MR) is 119 cm³/mol. The van der Waals surface area contributed by atoms with Crippen molar-refractivity contribution in [3.63, 3.8) is 0 Å². The molecule has 0 amide bonds. The SMILES string of the molecule is c1cc(OCCCCC2CCCCCCC2)ccc1CNCCN1CCCC1. The summed E-state index contributed by atoms with van der Waals surface area (Å²) in [6.07, 6.45) is 16.9. The summed E-state index contributed by atoms with van der Waals surface area (Å²) in [7, 11) is 0. The summed E-state index contributed by atoms with van der Waals surface area (Å²) in [6, 6.07) is 8.66. The van der Waals surface area contributed by atoms with Crippen molar-refractivity contribution in [2.24, 2.45) is 5.92 Å². The average molecular weight is 387 g/mol. The first-order valence-corrected chi connectivity index (χ1v) is 12.0. The van der Waals surface area contributed by atoms with Gasteiger partial charge in [0, 0.05) is 19.6 Å². The minimum atomic E-state index is 0.861. The Morgan fingerprint density at radius 3 is 2.32 bits per heavy atom. The lowest BCUT2D eigenvalue weighted by Gasteiger charge is -2.19. The molecule has 1 saturated carbocycles. The van der Waals surface area contributed by atoms with Crippen LogP contribution in [-0.4, -0.2) is 37.7 Å². The first kappa shape index (κ1) is 21.6. The Morgan fingerprint density at radius 1 is 0.857 bits per heavy atom. The minimum absolute atomic E-state index is 0.861. The molecular weight excluding hydrogens is 344 g/mol. The Hall–Kier alpha value is -1.06. The lowest BCUT2D eigenvalue weighted by atomic mass is 9.88. The zero-order chi connectivity index (χ0) is 19.3. The molecule has 1 aromatic rings. The Kier molecular flexibility index (Phi) is 10.2. The summed E-state index contributed by atoms with van der Waals surface area (Å²) < 4.78 is 5.96. The fourth-order valence-electron chi connectivity index (χ4n) is 4.73. The zero-order valence-electron chi connectivity index (χ0n) is 18.0. The molecule has 1 aromatic carbocycles. The smallest absolute Gasteiger partial charge is 0.119 e. The second kappa shape index (κ2) is 13.2. The molecule has 3 rings (SSSR count). The van der Waals surface area contributed by atoms with Gasteiger partial charge in [0.2, 0.25) is 0 Å². The van der Waals surface area contributed by atoms with Crippen LogP contribution in [0.15, 0.2) is 24.3 Å². The van der Waals surface area contributed by atoms with Gasteiger partial charge >= 0.3 is 0 Å². The molecule has 2 aliphatic rings. The summed E-state index contributed by atoms with van der Waals surface area (Å²) in [5, 5.41) is 3.56.